The molecule has 5 heteroatoms. The third kappa shape index (κ3) is 1.39. The molecule has 0 saturated heterocycles. The predicted molar refractivity (Wildman–Crippen MR) is 37.0 cm³/mol. The molecule has 1 heterocycles. The third-order valence-corrected chi connectivity index (χ3v) is 1.33. The Kier molecular flexibility index (Phi) is 2.11. The van der Waals surface area contributed by atoms with Gasteiger partial charge in [-0.25, -0.2) is 4.68 Å². The van der Waals surface area contributed by atoms with Crippen LogP contribution in [0.25, 0.3) is 0 Å². The molecule has 56 valence electrons. The quantitative estimate of drug-likeness (QED) is 0.706. The summed E-state index contributed by atoms with van der Waals surface area (Å²) in [7, 11) is 0. The lowest BCUT2D eigenvalue weighted by atomic mass is 10.5. The van der Waals surface area contributed by atoms with Crippen LogP contribution < -0.4 is 0 Å². The Morgan fingerprint density at radius 1 is 1.70 bits per heavy atom. The average molecular weight is 162 g/mol. The molecule has 0 radical (unpaired) electrons. The Hall–Kier alpha value is -0.770. The highest BCUT2D eigenvalue weighted by molar-refractivity contribution is 6.28. The molecule has 0 aliphatic carbocycles. The zero-order valence-electron chi connectivity index (χ0n) is 5.58. The minimum atomic E-state index is -0.265. The molecule has 0 amide bonds. The maximum Gasteiger partial charge on any atom is 0.334 e. The van der Waals surface area contributed by atoms with E-state index in [4.69, 9.17) is 16.7 Å². The molecular weight excluding hydrogens is 154 g/mol. The van der Waals surface area contributed by atoms with Crippen LogP contribution >= 0.6 is 11.6 Å². The zero-order valence-corrected chi connectivity index (χ0v) is 6.34. The van der Waals surface area contributed by atoms with E-state index in [1.807, 2.05) is 6.92 Å². The first kappa shape index (κ1) is 7.34. The van der Waals surface area contributed by atoms with Crippen molar-refractivity contribution >= 4 is 11.6 Å². The van der Waals surface area contributed by atoms with Crippen molar-refractivity contribution in [3.63, 3.8) is 0 Å². The Morgan fingerprint density at radius 3 is 2.80 bits per heavy atom. The first-order valence-corrected chi connectivity index (χ1v) is 3.41. The van der Waals surface area contributed by atoms with Gasteiger partial charge in [0, 0.05) is 6.54 Å². The molecule has 0 aromatic carbocycles. The summed E-state index contributed by atoms with van der Waals surface area (Å²) in [6.45, 7) is 2.68. The summed E-state index contributed by atoms with van der Waals surface area (Å²) in [5, 5.41) is 12.6. The van der Waals surface area contributed by atoms with Crippen molar-refractivity contribution in [2.24, 2.45) is 0 Å². The second kappa shape index (κ2) is 2.88. The van der Waals surface area contributed by atoms with E-state index in [1.165, 1.54) is 4.68 Å². The first-order valence-electron chi connectivity index (χ1n) is 3.03. The molecule has 0 bridgehead atoms. The van der Waals surface area contributed by atoms with Gasteiger partial charge in [0.05, 0.1) is 0 Å². The van der Waals surface area contributed by atoms with Crippen LogP contribution in [0.1, 0.15) is 13.3 Å². The number of hydrogen-bond donors (Lipinski definition) is 1. The minimum Gasteiger partial charge on any atom is -0.478 e. The lowest BCUT2D eigenvalue weighted by molar-refractivity contribution is 0.422. The summed E-state index contributed by atoms with van der Waals surface area (Å²) < 4.78 is 1.46. The SMILES string of the molecule is CCCn1nc(O)nc1Cl. The number of halogens is 1. The van der Waals surface area contributed by atoms with Gasteiger partial charge in [0.2, 0.25) is 5.28 Å². The average Bonchev–Trinajstić information content (AvgIpc) is 2.13. The van der Waals surface area contributed by atoms with E-state index in [-0.39, 0.29) is 11.3 Å². The molecule has 1 rings (SSSR count). The normalized spacial score (nSPS) is 10.2. The van der Waals surface area contributed by atoms with Crippen molar-refractivity contribution in [2.75, 3.05) is 0 Å². The molecule has 0 saturated carbocycles. The standard InChI is InChI=1S/C5H8ClN3O/c1-2-3-9-4(6)7-5(10)8-9/h2-3H2,1H3,(H,8,10). The van der Waals surface area contributed by atoms with Crippen LogP contribution in [0.4, 0.5) is 0 Å². The number of hydrogen-bond acceptors (Lipinski definition) is 3. The maximum absolute atomic E-state index is 8.73. The Bertz CT molecular complexity index is 223. The van der Waals surface area contributed by atoms with E-state index >= 15 is 0 Å². The van der Waals surface area contributed by atoms with E-state index in [0.717, 1.165) is 6.42 Å². The Labute approximate surface area is 63.5 Å². The molecular formula is C5H8ClN3O. The van der Waals surface area contributed by atoms with Crippen molar-refractivity contribution < 1.29 is 5.11 Å². The lowest BCUT2D eigenvalue weighted by Crippen LogP contribution is -1.98. The van der Waals surface area contributed by atoms with Crippen molar-refractivity contribution in [2.45, 2.75) is 19.9 Å². The second-order valence-electron chi connectivity index (χ2n) is 1.90. The molecule has 10 heavy (non-hydrogen) atoms. The number of aromatic hydroxyl groups is 1. The zero-order chi connectivity index (χ0) is 7.56. The van der Waals surface area contributed by atoms with Gasteiger partial charge in [0.15, 0.2) is 0 Å². The van der Waals surface area contributed by atoms with Crippen LogP contribution in [0.5, 0.6) is 6.01 Å². The minimum absolute atomic E-state index is 0.236. The van der Waals surface area contributed by atoms with E-state index in [9.17, 15) is 0 Å². The van der Waals surface area contributed by atoms with Gasteiger partial charge in [0.1, 0.15) is 0 Å². The van der Waals surface area contributed by atoms with Crippen molar-refractivity contribution in [1.29, 1.82) is 0 Å². The first-order chi connectivity index (χ1) is 4.74. The van der Waals surface area contributed by atoms with E-state index < -0.39 is 0 Å². The van der Waals surface area contributed by atoms with E-state index in [2.05, 4.69) is 10.1 Å². The summed E-state index contributed by atoms with van der Waals surface area (Å²) in [4.78, 5) is 3.50. The smallest absolute Gasteiger partial charge is 0.334 e. The fourth-order valence-corrected chi connectivity index (χ4v) is 0.864. The Balaban J connectivity index is 2.81. The highest BCUT2D eigenvalue weighted by Gasteiger charge is 2.03. The van der Waals surface area contributed by atoms with Gasteiger partial charge >= 0.3 is 6.01 Å². The molecule has 4 nitrogen and oxygen atoms in total. The molecule has 0 aliphatic heterocycles. The van der Waals surface area contributed by atoms with Crippen LogP contribution in [0, 0.1) is 0 Å². The second-order valence-corrected chi connectivity index (χ2v) is 2.24. The fraction of sp³-hybridized carbons (Fsp3) is 0.600. The highest BCUT2D eigenvalue weighted by Crippen LogP contribution is 2.09. The van der Waals surface area contributed by atoms with Crippen LogP contribution in [0.15, 0.2) is 0 Å². The lowest BCUT2D eigenvalue weighted by Gasteiger charge is -1.94. The monoisotopic (exact) mass is 161 g/mol. The largest absolute Gasteiger partial charge is 0.478 e. The van der Waals surface area contributed by atoms with Crippen molar-refractivity contribution in [3.05, 3.63) is 5.28 Å². The number of rotatable bonds is 2. The maximum atomic E-state index is 8.73. The van der Waals surface area contributed by atoms with Gasteiger partial charge in [-0.1, -0.05) is 6.92 Å². The number of aryl methyl sites for hydroxylation is 1. The topological polar surface area (TPSA) is 50.9 Å². The summed E-state index contributed by atoms with van der Waals surface area (Å²) in [6, 6.07) is -0.265. The summed E-state index contributed by atoms with van der Waals surface area (Å²) in [5.74, 6) is 0. The molecule has 1 aromatic rings. The molecule has 0 fully saturated rings. The van der Waals surface area contributed by atoms with Gasteiger partial charge < -0.3 is 5.11 Å². The van der Waals surface area contributed by atoms with Gasteiger partial charge in [0.25, 0.3) is 0 Å². The summed E-state index contributed by atoms with van der Waals surface area (Å²) in [6.07, 6.45) is 0.919. The van der Waals surface area contributed by atoms with Crippen LogP contribution in [0.3, 0.4) is 0 Å². The highest BCUT2D eigenvalue weighted by atomic mass is 35.5. The number of aromatic nitrogens is 3. The molecule has 0 unspecified atom stereocenters. The Morgan fingerprint density at radius 2 is 2.40 bits per heavy atom. The van der Waals surface area contributed by atoms with Gasteiger partial charge in [-0.3, -0.25) is 0 Å². The number of nitrogens with zero attached hydrogens (tertiary/aromatic N) is 3. The molecule has 1 N–H and O–H groups in total. The van der Waals surface area contributed by atoms with Gasteiger partial charge in [-0.15, -0.1) is 5.10 Å². The summed E-state index contributed by atoms with van der Waals surface area (Å²) >= 11 is 5.55. The van der Waals surface area contributed by atoms with Gasteiger partial charge in [-0.05, 0) is 18.0 Å². The fourth-order valence-electron chi connectivity index (χ4n) is 0.666. The summed E-state index contributed by atoms with van der Waals surface area (Å²) in [5.41, 5.74) is 0. The van der Waals surface area contributed by atoms with Gasteiger partial charge in [-0.2, -0.15) is 4.98 Å². The van der Waals surface area contributed by atoms with Crippen molar-refractivity contribution in [3.8, 4) is 6.01 Å². The van der Waals surface area contributed by atoms with Crippen LogP contribution in [-0.4, -0.2) is 19.9 Å². The molecule has 1 aromatic heterocycles. The predicted octanol–water partition coefficient (Wildman–Crippen LogP) is 1.05. The van der Waals surface area contributed by atoms with Crippen LogP contribution in [-0.2, 0) is 6.54 Å². The van der Waals surface area contributed by atoms with E-state index in [0.29, 0.717) is 6.54 Å². The molecule has 0 aliphatic rings. The molecule has 0 atom stereocenters. The van der Waals surface area contributed by atoms with Crippen LogP contribution in [0.2, 0.25) is 5.28 Å². The molecule has 0 spiro atoms. The van der Waals surface area contributed by atoms with E-state index in [1.54, 1.807) is 0 Å². The third-order valence-electron chi connectivity index (χ3n) is 1.05. The van der Waals surface area contributed by atoms with Crippen molar-refractivity contribution in [1.82, 2.24) is 14.8 Å².